The second kappa shape index (κ2) is 6.51. The van der Waals surface area contributed by atoms with Crippen LogP contribution in [0.25, 0.3) is 0 Å². The molecule has 1 N–H and O–H groups in total. The van der Waals surface area contributed by atoms with E-state index in [-0.39, 0.29) is 5.88 Å². The van der Waals surface area contributed by atoms with Crippen molar-refractivity contribution in [3.63, 3.8) is 0 Å². The molecule has 2 aromatic rings. The zero-order valence-electron chi connectivity index (χ0n) is 11.4. The van der Waals surface area contributed by atoms with Gasteiger partial charge in [-0.25, -0.2) is 4.98 Å². The third kappa shape index (κ3) is 5.02. The molecule has 0 amide bonds. The van der Waals surface area contributed by atoms with E-state index in [1.165, 1.54) is 12.3 Å². The van der Waals surface area contributed by atoms with E-state index in [2.05, 4.69) is 15.0 Å². The van der Waals surface area contributed by atoms with Gasteiger partial charge in [0.25, 0.3) is 0 Å². The molecule has 4 nitrogen and oxygen atoms in total. The molecule has 0 atom stereocenters. The molecular formula is C14H15F3N2O2. The molecule has 2 rings (SSSR count). The Kier molecular flexibility index (Phi) is 4.72. The van der Waals surface area contributed by atoms with E-state index in [0.29, 0.717) is 12.2 Å². The summed E-state index contributed by atoms with van der Waals surface area (Å²) in [5, 5.41) is 3.06. The van der Waals surface area contributed by atoms with Crippen molar-refractivity contribution in [3.8, 4) is 5.88 Å². The van der Waals surface area contributed by atoms with Gasteiger partial charge in [-0.05, 0) is 18.2 Å². The predicted octanol–water partition coefficient (Wildman–Crippen LogP) is 3.79. The average Bonchev–Trinajstić information content (AvgIpc) is 2.91. The van der Waals surface area contributed by atoms with Crippen LogP contribution in [0.15, 0.2) is 34.9 Å². The highest BCUT2D eigenvalue weighted by Gasteiger charge is 2.28. The van der Waals surface area contributed by atoms with Crippen molar-refractivity contribution >= 4 is 5.69 Å². The SMILES string of the molecule is CCc1ccc(CNc2ccc(OCC(F)(F)F)nc2)o1. The Morgan fingerprint density at radius 3 is 2.52 bits per heavy atom. The van der Waals surface area contributed by atoms with Crippen molar-refractivity contribution in [2.24, 2.45) is 0 Å². The molecule has 0 unspecified atom stereocenters. The van der Waals surface area contributed by atoms with Gasteiger partial charge in [-0.3, -0.25) is 0 Å². The van der Waals surface area contributed by atoms with Gasteiger partial charge in [0.05, 0.1) is 18.4 Å². The molecule has 21 heavy (non-hydrogen) atoms. The molecule has 0 aromatic carbocycles. The third-order valence-corrected chi connectivity index (χ3v) is 2.65. The van der Waals surface area contributed by atoms with Crippen LogP contribution in [0.2, 0.25) is 0 Å². The Morgan fingerprint density at radius 1 is 1.19 bits per heavy atom. The fourth-order valence-electron chi connectivity index (χ4n) is 1.62. The number of pyridine rings is 1. The van der Waals surface area contributed by atoms with Gasteiger partial charge in [0.15, 0.2) is 6.61 Å². The summed E-state index contributed by atoms with van der Waals surface area (Å²) >= 11 is 0. The maximum atomic E-state index is 12.0. The number of anilines is 1. The molecule has 0 bridgehead atoms. The Labute approximate surface area is 119 Å². The standard InChI is InChI=1S/C14H15F3N2O2/c1-2-11-4-5-12(21-11)8-18-10-3-6-13(19-7-10)20-9-14(15,16)17/h3-7,18H,2,8-9H2,1H3. The second-order valence-electron chi connectivity index (χ2n) is 4.36. The zero-order valence-corrected chi connectivity index (χ0v) is 11.4. The zero-order chi connectivity index (χ0) is 15.3. The summed E-state index contributed by atoms with van der Waals surface area (Å²) in [6.07, 6.45) is -2.13. The van der Waals surface area contributed by atoms with Gasteiger partial charge in [0.1, 0.15) is 11.5 Å². The summed E-state index contributed by atoms with van der Waals surface area (Å²) in [6.45, 7) is 1.13. The van der Waals surface area contributed by atoms with Gasteiger partial charge < -0.3 is 14.5 Å². The average molecular weight is 300 g/mol. The van der Waals surface area contributed by atoms with E-state index in [4.69, 9.17) is 4.42 Å². The lowest BCUT2D eigenvalue weighted by atomic mass is 10.3. The number of alkyl halides is 3. The lowest BCUT2D eigenvalue weighted by Crippen LogP contribution is -2.19. The van der Waals surface area contributed by atoms with Crippen molar-refractivity contribution in [3.05, 3.63) is 42.0 Å². The number of ether oxygens (including phenoxy) is 1. The van der Waals surface area contributed by atoms with Crippen molar-refractivity contribution in [2.45, 2.75) is 26.1 Å². The molecule has 0 spiro atoms. The number of aryl methyl sites for hydroxylation is 1. The van der Waals surface area contributed by atoms with Gasteiger partial charge in [-0.2, -0.15) is 13.2 Å². The molecule has 2 aromatic heterocycles. The van der Waals surface area contributed by atoms with Crippen LogP contribution in [0.4, 0.5) is 18.9 Å². The van der Waals surface area contributed by atoms with Crippen LogP contribution in [0.1, 0.15) is 18.4 Å². The van der Waals surface area contributed by atoms with E-state index in [1.807, 2.05) is 19.1 Å². The molecule has 114 valence electrons. The van der Waals surface area contributed by atoms with Crippen LogP contribution >= 0.6 is 0 Å². The maximum Gasteiger partial charge on any atom is 0.422 e. The Morgan fingerprint density at radius 2 is 1.95 bits per heavy atom. The lowest BCUT2D eigenvalue weighted by molar-refractivity contribution is -0.154. The monoisotopic (exact) mass is 300 g/mol. The minimum absolute atomic E-state index is 0.0656. The summed E-state index contributed by atoms with van der Waals surface area (Å²) in [6, 6.07) is 6.76. The van der Waals surface area contributed by atoms with Crippen LogP contribution in [-0.4, -0.2) is 17.8 Å². The van der Waals surface area contributed by atoms with Crippen LogP contribution in [-0.2, 0) is 13.0 Å². The minimum atomic E-state index is -4.37. The van der Waals surface area contributed by atoms with Gasteiger partial charge in [-0.1, -0.05) is 6.92 Å². The van der Waals surface area contributed by atoms with Crippen LogP contribution in [0.3, 0.4) is 0 Å². The summed E-state index contributed by atoms with van der Waals surface area (Å²) < 4.78 is 46.0. The van der Waals surface area contributed by atoms with E-state index < -0.39 is 12.8 Å². The van der Waals surface area contributed by atoms with E-state index in [1.54, 1.807) is 6.07 Å². The summed E-state index contributed by atoms with van der Waals surface area (Å²) in [5.41, 5.74) is 0.670. The molecule has 0 fully saturated rings. The van der Waals surface area contributed by atoms with Gasteiger partial charge in [0, 0.05) is 12.5 Å². The molecule has 0 aliphatic rings. The number of halogens is 3. The first-order valence-electron chi connectivity index (χ1n) is 6.43. The molecule has 0 saturated carbocycles. The Balaban J connectivity index is 1.84. The quantitative estimate of drug-likeness (QED) is 0.881. The minimum Gasteiger partial charge on any atom is -0.468 e. The third-order valence-electron chi connectivity index (χ3n) is 2.65. The molecule has 2 heterocycles. The molecule has 0 saturated heterocycles. The largest absolute Gasteiger partial charge is 0.468 e. The van der Waals surface area contributed by atoms with Crippen LogP contribution < -0.4 is 10.1 Å². The van der Waals surface area contributed by atoms with Gasteiger partial charge in [0.2, 0.25) is 5.88 Å². The number of hydrogen-bond donors (Lipinski definition) is 1. The molecule has 0 aliphatic carbocycles. The first kappa shape index (κ1) is 15.2. The topological polar surface area (TPSA) is 47.3 Å². The summed E-state index contributed by atoms with van der Waals surface area (Å²) in [7, 11) is 0. The lowest BCUT2D eigenvalue weighted by Gasteiger charge is -2.09. The fourth-order valence-corrected chi connectivity index (χ4v) is 1.62. The Hall–Kier alpha value is -2.18. The number of rotatable bonds is 6. The normalized spacial score (nSPS) is 11.4. The number of aromatic nitrogens is 1. The summed E-state index contributed by atoms with van der Waals surface area (Å²) in [5.74, 6) is 1.62. The highest BCUT2D eigenvalue weighted by molar-refractivity contribution is 5.42. The molecule has 0 aliphatic heterocycles. The highest BCUT2D eigenvalue weighted by atomic mass is 19.4. The number of nitrogens with zero attached hydrogens (tertiary/aromatic N) is 1. The Bertz CT molecular complexity index is 564. The molecule has 7 heteroatoms. The highest BCUT2D eigenvalue weighted by Crippen LogP contribution is 2.18. The van der Waals surface area contributed by atoms with Gasteiger partial charge in [-0.15, -0.1) is 0 Å². The molecular weight excluding hydrogens is 285 g/mol. The first-order chi connectivity index (χ1) is 9.96. The van der Waals surface area contributed by atoms with Crippen molar-refractivity contribution in [1.82, 2.24) is 4.98 Å². The van der Waals surface area contributed by atoms with E-state index in [9.17, 15) is 13.2 Å². The van der Waals surface area contributed by atoms with E-state index >= 15 is 0 Å². The number of furan rings is 1. The predicted molar refractivity (Wildman–Crippen MR) is 71.2 cm³/mol. The van der Waals surface area contributed by atoms with Gasteiger partial charge >= 0.3 is 6.18 Å². The van der Waals surface area contributed by atoms with Crippen molar-refractivity contribution < 1.29 is 22.3 Å². The number of nitrogens with one attached hydrogen (secondary N) is 1. The van der Waals surface area contributed by atoms with E-state index in [0.717, 1.165) is 17.9 Å². The smallest absolute Gasteiger partial charge is 0.422 e. The maximum absolute atomic E-state index is 12.0. The van der Waals surface area contributed by atoms with Crippen LogP contribution in [0.5, 0.6) is 5.88 Å². The number of hydrogen-bond acceptors (Lipinski definition) is 4. The van der Waals surface area contributed by atoms with Crippen molar-refractivity contribution in [1.29, 1.82) is 0 Å². The van der Waals surface area contributed by atoms with Crippen molar-refractivity contribution in [2.75, 3.05) is 11.9 Å². The second-order valence-corrected chi connectivity index (χ2v) is 4.36. The van der Waals surface area contributed by atoms with Crippen LogP contribution in [0, 0.1) is 0 Å². The summed E-state index contributed by atoms with van der Waals surface area (Å²) in [4.78, 5) is 3.80. The fraction of sp³-hybridized carbons (Fsp3) is 0.357. The first-order valence-corrected chi connectivity index (χ1v) is 6.43. The molecule has 0 radical (unpaired) electrons.